The lowest BCUT2D eigenvalue weighted by Crippen LogP contribution is -2.32. The van der Waals surface area contributed by atoms with E-state index in [1.165, 1.54) is 0 Å². The van der Waals surface area contributed by atoms with Crippen LogP contribution in [-0.4, -0.2) is 29.6 Å². The van der Waals surface area contributed by atoms with Crippen LogP contribution >= 0.6 is 0 Å². The van der Waals surface area contributed by atoms with Gasteiger partial charge in [0, 0.05) is 12.1 Å². The third-order valence-corrected chi connectivity index (χ3v) is 4.48. The number of aryl methyl sites for hydroxylation is 2. The zero-order chi connectivity index (χ0) is 16.4. The molecule has 2 aromatic rings. The average Bonchev–Trinajstić information content (AvgIpc) is 3.14. The molecule has 3 rings (SSSR count). The van der Waals surface area contributed by atoms with E-state index < -0.39 is 0 Å². The van der Waals surface area contributed by atoms with Crippen LogP contribution in [-0.2, 0) is 11.2 Å². The summed E-state index contributed by atoms with van der Waals surface area (Å²) in [7, 11) is 1.63. The predicted molar refractivity (Wildman–Crippen MR) is 86.4 cm³/mol. The number of hydrogen-bond donors (Lipinski definition) is 0. The highest BCUT2D eigenvalue weighted by Crippen LogP contribution is 2.35. The van der Waals surface area contributed by atoms with Crippen molar-refractivity contribution in [1.29, 1.82) is 0 Å². The predicted octanol–water partition coefficient (Wildman–Crippen LogP) is 3.21. The number of amides is 1. The maximum atomic E-state index is 12.8. The van der Waals surface area contributed by atoms with Crippen molar-refractivity contribution in [3.63, 3.8) is 0 Å². The van der Waals surface area contributed by atoms with Gasteiger partial charge in [0.15, 0.2) is 0 Å². The largest absolute Gasteiger partial charge is 0.497 e. The van der Waals surface area contributed by atoms with Crippen LogP contribution in [0.4, 0.5) is 0 Å². The second-order valence-corrected chi connectivity index (χ2v) is 6.01. The lowest BCUT2D eigenvalue weighted by molar-refractivity contribution is -0.131. The lowest BCUT2D eigenvalue weighted by Gasteiger charge is -2.25. The van der Waals surface area contributed by atoms with E-state index in [4.69, 9.17) is 9.26 Å². The Bertz CT molecular complexity index is 689. The van der Waals surface area contributed by atoms with Crippen LogP contribution in [0.25, 0.3) is 0 Å². The number of carbonyl (C=O) groups is 1. The van der Waals surface area contributed by atoms with Crippen LogP contribution in [0, 0.1) is 13.8 Å². The molecule has 0 radical (unpaired) electrons. The van der Waals surface area contributed by atoms with E-state index in [1.807, 2.05) is 43.0 Å². The smallest absolute Gasteiger partial charge is 0.227 e. The molecule has 0 saturated carbocycles. The SMILES string of the molecule is COc1cccc(CC(=O)N2CCC[C@H]2c2c(C)noc2C)c1. The van der Waals surface area contributed by atoms with Crippen molar-refractivity contribution in [3.05, 3.63) is 46.8 Å². The van der Waals surface area contributed by atoms with Crippen LogP contribution in [0.3, 0.4) is 0 Å². The summed E-state index contributed by atoms with van der Waals surface area (Å²) in [5.41, 5.74) is 2.92. The summed E-state index contributed by atoms with van der Waals surface area (Å²) in [6.45, 7) is 4.64. The molecule has 0 unspecified atom stereocenters. The monoisotopic (exact) mass is 314 g/mol. The first kappa shape index (κ1) is 15.6. The molecule has 122 valence electrons. The van der Waals surface area contributed by atoms with Crippen molar-refractivity contribution in [2.45, 2.75) is 39.2 Å². The van der Waals surface area contributed by atoms with Crippen LogP contribution in [0.2, 0.25) is 0 Å². The van der Waals surface area contributed by atoms with Gasteiger partial charge in [-0.3, -0.25) is 4.79 Å². The van der Waals surface area contributed by atoms with Crippen LogP contribution < -0.4 is 4.74 Å². The zero-order valence-electron chi connectivity index (χ0n) is 13.8. The minimum Gasteiger partial charge on any atom is -0.497 e. The van der Waals surface area contributed by atoms with Gasteiger partial charge in [0.25, 0.3) is 0 Å². The maximum absolute atomic E-state index is 12.8. The van der Waals surface area contributed by atoms with Crippen molar-refractivity contribution < 1.29 is 14.1 Å². The van der Waals surface area contributed by atoms with Crippen molar-refractivity contribution in [2.75, 3.05) is 13.7 Å². The fraction of sp³-hybridized carbons (Fsp3) is 0.444. The molecule has 1 amide bonds. The first-order valence-electron chi connectivity index (χ1n) is 7.95. The number of likely N-dealkylation sites (tertiary alicyclic amines) is 1. The molecule has 0 spiro atoms. The third-order valence-electron chi connectivity index (χ3n) is 4.48. The van der Waals surface area contributed by atoms with E-state index >= 15 is 0 Å². The molecule has 23 heavy (non-hydrogen) atoms. The average molecular weight is 314 g/mol. The third kappa shape index (κ3) is 3.09. The summed E-state index contributed by atoms with van der Waals surface area (Å²) in [6.07, 6.45) is 2.36. The zero-order valence-corrected chi connectivity index (χ0v) is 13.8. The quantitative estimate of drug-likeness (QED) is 0.869. The molecule has 0 bridgehead atoms. The highest BCUT2D eigenvalue weighted by Gasteiger charge is 2.33. The number of carbonyl (C=O) groups excluding carboxylic acids is 1. The summed E-state index contributed by atoms with van der Waals surface area (Å²) >= 11 is 0. The fourth-order valence-electron chi connectivity index (χ4n) is 3.39. The van der Waals surface area contributed by atoms with E-state index in [1.54, 1.807) is 7.11 Å². The van der Waals surface area contributed by atoms with Crippen LogP contribution in [0.15, 0.2) is 28.8 Å². The summed E-state index contributed by atoms with van der Waals surface area (Å²) < 4.78 is 10.5. The van der Waals surface area contributed by atoms with Gasteiger partial charge in [-0.15, -0.1) is 0 Å². The first-order valence-corrected chi connectivity index (χ1v) is 7.95. The minimum atomic E-state index is 0.0827. The molecule has 2 heterocycles. The molecule has 0 N–H and O–H groups in total. The second-order valence-electron chi connectivity index (χ2n) is 6.01. The van der Waals surface area contributed by atoms with Gasteiger partial charge >= 0.3 is 0 Å². The Morgan fingerprint density at radius 3 is 2.96 bits per heavy atom. The van der Waals surface area contributed by atoms with Gasteiger partial charge in [-0.25, -0.2) is 0 Å². The molecule has 1 aromatic carbocycles. The van der Waals surface area contributed by atoms with Gasteiger partial charge < -0.3 is 14.2 Å². The summed E-state index contributed by atoms with van der Waals surface area (Å²) in [5, 5.41) is 4.03. The Morgan fingerprint density at radius 2 is 2.26 bits per heavy atom. The van der Waals surface area contributed by atoms with E-state index in [0.29, 0.717) is 6.42 Å². The van der Waals surface area contributed by atoms with Gasteiger partial charge in [0.2, 0.25) is 5.91 Å². The van der Waals surface area contributed by atoms with Crippen molar-refractivity contribution >= 4 is 5.91 Å². The Hall–Kier alpha value is -2.30. The summed E-state index contributed by atoms with van der Waals surface area (Å²) in [6, 6.07) is 7.76. The van der Waals surface area contributed by atoms with E-state index in [2.05, 4.69) is 5.16 Å². The van der Waals surface area contributed by atoms with Gasteiger partial charge in [0.05, 0.1) is 25.3 Å². The van der Waals surface area contributed by atoms with Crippen LogP contribution in [0.1, 0.15) is 41.5 Å². The Kier molecular flexibility index (Phi) is 4.37. The number of methoxy groups -OCH3 is 1. The molecule has 1 fully saturated rings. The summed E-state index contributed by atoms with van der Waals surface area (Å²) in [5.74, 6) is 1.73. The number of benzene rings is 1. The Labute approximate surface area is 136 Å². The Morgan fingerprint density at radius 1 is 1.43 bits per heavy atom. The van der Waals surface area contributed by atoms with Crippen molar-refractivity contribution in [3.8, 4) is 5.75 Å². The van der Waals surface area contributed by atoms with E-state index in [9.17, 15) is 4.79 Å². The first-order chi connectivity index (χ1) is 11.1. The van der Waals surface area contributed by atoms with Gasteiger partial charge in [-0.1, -0.05) is 17.3 Å². The van der Waals surface area contributed by atoms with Crippen LogP contribution in [0.5, 0.6) is 5.75 Å². The lowest BCUT2D eigenvalue weighted by atomic mass is 10.0. The number of hydrogen-bond acceptors (Lipinski definition) is 4. The van der Waals surface area contributed by atoms with Gasteiger partial charge in [-0.05, 0) is 44.4 Å². The van der Waals surface area contributed by atoms with Crippen molar-refractivity contribution in [2.24, 2.45) is 0 Å². The molecular weight excluding hydrogens is 292 g/mol. The fourth-order valence-corrected chi connectivity index (χ4v) is 3.39. The second kappa shape index (κ2) is 6.44. The number of nitrogens with zero attached hydrogens (tertiary/aromatic N) is 2. The van der Waals surface area contributed by atoms with Crippen molar-refractivity contribution in [1.82, 2.24) is 10.1 Å². The van der Waals surface area contributed by atoms with Gasteiger partial charge in [-0.2, -0.15) is 0 Å². The van der Waals surface area contributed by atoms with Gasteiger partial charge in [0.1, 0.15) is 11.5 Å². The summed E-state index contributed by atoms with van der Waals surface area (Å²) in [4.78, 5) is 14.7. The molecule has 1 aromatic heterocycles. The maximum Gasteiger partial charge on any atom is 0.227 e. The highest BCUT2D eigenvalue weighted by molar-refractivity contribution is 5.79. The Balaban J connectivity index is 1.78. The molecular formula is C18H22N2O3. The standard InChI is InChI=1S/C18H22N2O3/c1-12-18(13(2)23-19-12)16-8-5-9-20(16)17(21)11-14-6-4-7-15(10-14)22-3/h4,6-7,10,16H,5,8-9,11H2,1-3H3/t16-/m0/s1. The molecule has 0 aliphatic carbocycles. The molecule has 1 atom stereocenters. The molecule has 1 aliphatic rings. The minimum absolute atomic E-state index is 0.0827. The van der Waals surface area contributed by atoms with E-state index in [0.717, 1.165) is 47.7 Å². The topological polar surface area (TPSA) is 55.6 Å². The molecule has 1 aliphatic heterocycles. The molecule has 5 heteroatoms. The van der Waals surface area contributed by atoms with E-state index in [-0.39, 0.29) is 11.9 Å². The number of ether oxygens (including phenoxy) is 1. The molecule has 1 saturated heterocycles. The number of aromatic nitrogens is 1. The number of rotatable bonds is 4. The molecule has 5 nitrogen and oxygen atoms in total. The highest BCUT2D eigenvalue weighted by atomic mass is 16.5. The normalized spacial score (nSPS) is 17.5.